The van der Waals surface area contributed by atoms with E-state index < -0.39 is 7.82 Å². The maximum absolute atomic E-state index is 10.8. The van der Waals surface area contributed by atoms with Crippen molar-refractivity contribution in [2.75, 3.05) is 5.32 Å². The Labute approximate surface area is 86.1 Å². The second kappa shape index (κ2) is 4.44. The predicted octanol–water partition coefficient (Wildman–Crippen LogP) is 1.12. The van der Waals surface area contributed by atoms with Gasteiger partial charge in [0, 0.05) is 6.92 Å². The first-order valence-corrected chi connectivity index (χ1v) is 5.53. The van der Waals surface area contributed by atoms with Gasteiger partial charge in [-0.15, -0.1) is 0 Å². The van der Waals surface area contributed by atoms with Crippen LogP contribution in [0.3, 0.4) is 0 Å². The molecule has 0 heterocycles. The maximum atomic E-state index is 10.8. The molecule has 0 aliphatic heterocycles. The summed E-state index contributed by atoms with van der Waals surface area (Å²) in [5.41, 5.74) is 0.216. The van der Waals surface area contributed by atoms with E-state index in [9.17, 15) is 9.36 Å². The molecule has 0 spiro atoms. The molecule has 0 aromatic heterocycles. The van der Waals surface area contributed by atoms with Crippen LogP contribution < -0.4 is 9.84 Å². The fourth-order valence-corrected chi connectivity index (χ4v) is 1.38. The number of amides is 1. The highest BCUT2D eigenvalue weighted by Gasteiger charge is 2.18. The van der Waals surface area contributed by atoms with Crippen LogP contribution in [-0.2, 0) is 9.36 Å². The molecular weight excluding hydrogens is 221 g/mol. The molecule has 0 aliphatic carbocycles. The summed E-state index contributed by atoms with van der Waals surface area (Å²) in [6, 6.07) is 5.98. The molecule has 0 fully saturated rings. The van der Waals surface area contributed by atoms with Gasteiger partial charge < -0.3 is 9.84 Å². The zero-order valence-corrected chi connectivity index (χ0v) is 8.77. The van der Waals surface area contributed by atoms with E-state index >= 15 is 0 Å². The lowest BCUT2D eigenvalue weighted by molar-refractivity contribution is -0.114. The molecule has 1 aromatic rings. The molecule has 82 valence electrons. The molecule has 0 aliphatic rings. The van der Waals surface area contributed by atoms with Gasteiger partial charge in [-0.3, -0.25) is 14.6 Å². The molecule has 0 saturated heterocycles. The van der Waals surface area contributed by atoms with Gasteiger partial charge in [-0.05, 0) is 12.1 Å². The normalized spacial score (nSPS) is 10.9. The molecule has 0 bridgehead atoms. The van der Waals surface area contributed by atoms with Gasteiger partial charge >= 0.3 is 7.82 Å². The van der Waals surface area contributed by atoms with Crippen molar-refractivity contribution in [2.45, 2.75) is 6.92 Å². The molecule has 6 nitrogen and oxygen atoms in total. The standard InChI is InChI=1S/C8H10NO5P/c1-6(10)9-7-4-2-3-5-8(7)14-15(11,12)13/h2-5H,1H3,(H,9,10)(H2,11,12,13). The van der Waals surface area contributed by atoms with Crippen LogP contribution >= 0.6 is 7.82 Å². The summed E-state index contributed by atoms with van der Waals surface area (Å²) in [4.78, 5) is 28.0. The number of rotatable bonds is 3. The molecule has 0 saturated carbocycles. The van der Waals surface area contributed by atoms with Gasteiger partial charge in [0.1, 0.15) is 0 Å². The van der Waals surface area contributed by atoms with E-state index in [2.05, 4.69) is 9.84 Å². The number of anilines is 1. The Balaban J connectivity index is 2.96. The monoisotopic (exact) mass is 231 g/mol. The van der Waals surface area contributed by atoms with Crippen molar-refractivity contribution in [3.8, 4) is 5.75 Å². The highest BCUT2D eigenvalue weighted by molar-refractivity contribution is 7.46. The topological polar surface area (TPSA) is 95.9 Å². The van der Waals surface area contributed by atoms with Gasteiger partial charge in [0.05, 0.1) is 5.69 Å². The van der Waals surface area contributed by atoms with Crippen molar-refractivity contribution in [2.24, 2.45) is 0 Å². The molecule has 0 unspecified atom stereocenters. The number of phosphoric acid groups is 1. The quantitative estimate of drug-likeness (QED) is 0.677. The number of carbonyl (C=O) groups is 1. The highest BCUT2D eigenvalue weighted by Crippen LogP contribution is 2.40. The minimum Gasteiger partial charge on any atom is -0.402 e. The van der Waals surface area contributed by atoms with Gasteiger partial charge in [-0.1, -0.05) is 12.1 Å². The maximum Gasteiger partial charge on any atom is 0.524 e. The van der Waals surface area contributed by atoms with E-state index in [1.54, 1.807) is 6.07 Å². The SMILES string of the molecule is CC(=O)Nc1ccccc1OP(=O)(O)O. The molecule has 3 N–H and O–H groups in total. The number of nitrogens with one attached hydrogen (secondary N) is 1. The molecule has 15 heavy (non-hydrogen) atoms. The average Bonchev–Trinajstić information content (AvgIpc) is 2.05. The molecular formula is C8H10NO5P. The summed E-state index contributed by atoms with van der Waals surface area (Å²) in [5, 5.41) is 2.39. The van der Waals surface area contributed by atoms with Crippen molar-refractivity contribution in [3.63, 3.8) is 0 Å². The van der Waals surface area contributed by atoms with Crippen LogP contribution in [0.1, 0.15) is 6.92 Å². The Morgan fingerprint density at radius 1 is 1.40 bits per heavy atom. The fraction of sp³-hybridized carbons (Fsp3) is 0.125. The Hall–Kier alpha value is -1.36. The third kappa shape index (κ3) is 4.12. The minimum absolute atomic E-state index is 0.0685. The largest absolute Gasteiger partial charge is 0.524 e. The van der Waals surface area contributed by atoms with Crippen molar-refractivity contribution < 1.29 is 23.7 Å². The van der Waals surface area contributed by atoms with Crippen LogP contribution in [0.15, 0.2) is 24.3 Å². The fourth-order valence-electron chi connectivity index (χ4n) is 0.967. The lowest BCUT2D eigenvalue weighted by Gasteiger charge is -2.11. The first-order chi connectivity index (χ1) is 6.88. The number of hydrogen-bond donors (Lipinski definition) is 3. The Morgan fingerprint density at radius 3 is 2.53 bits per heavy atom. The lowest BCUT2D eigenvalue weighted by Crippen LogP contribution is -2.07. The van der Waals surface area contributed by atoms with E-state index in [0.29, 0.717) is 0 Å². The summed E-state index contributed by atoms with van der Waals surface area (Å²) < 4.78 is 15.0. The number of carbonyl (C=O) groups excluding carboxylic acids is 1. The second-order valence-electron chi connectivity index (χ2n) is 2.76. The Morgan fingerprint density at radius 2 is 2.00 bits per heavy atom. The third-order valence-corrected chi connectivity index (χ3v) is 1.85. The van der Waals surface area contributed by atoms with Gasteiger partial charge in [-0.2, -0.15) is 0 Å². The summed E-state index contributed by atoms with van der Waals surface area (Å²) in [6.45, 7) is 1.29. The van der Waals surface area contributed by atoms with Crippen LogP contribution in [0, 0.1) is 0 Å². The molecule has 1 rings (SSSR count). The summed E-state index contributed by atoms with van der Waals surface area (Å²) >= 11 is 0. The summed E-state index contributed by atoms with van der Waals surface area (Å²) in [7, 11) is -4.61. The first kappa shape index (κ1) is 11.7. The molecule has 1 aromatic carbocycles. The smallest absolute Gasteiger partial charge is 0.402 e. The number of phosphoric ester groups is 1. The summed E-state index contributed by atoms with van der Waals surface area (Å²) in [6.07, 6.45) is 0. The lowest BCUT2D eigenvalue weighted by atomic mass is 10.3. The Bertz CT molecular complexity index is 413. The van der Waals surface area contributed by atoms with Gasteiger partial charge in [0.15, 0.2) is 5.75 Å². The van der Waals surface area contributed by atoms with Gasteiger partial charge in [-0.25, -0.2) is 4.57 Å². The van der Waals surface area contributed by atoms with Crippen LogP contribution in [-0.4, -0.2) is 15.7 Å². The minimum atomic E-state index is -4.61. The van der Waals surface area contributed by atoms with Crippen molar-refractivity contribution >= 4 is 19.4 Å². The summed E-state index contributed by atoms with van der Waals surface area (Å²) in [5.74, 6) is -0.419. The molecule has 7 heteroatoms. The van der Waals surface area contributed by atoms with Crippen LogP contribution in [0.4, 0.5) is 5.69 Å². The van der Waals surface area contributed by atoms with Gasteiger partial charge in [0.25, 0.3) is 0 Å². The van der Waals surface area contributed by atoms with Crippen molar-refractivity contribution in [1.29, 1.82) is 0 Å². The Kier molecular flexibility index (Phi) is 3.47. The zero-order valence-electron chi connectivity index (χ0n) is 7.88. The average molecular weight is 231 g/mol. The molecule has 0 atom stereocenters. The first-order valence-electron chi connectivity index (χ1n) is 4.00. The van der Waals surface area contributed by atoms with Crippen LogP contribution in [0.25, 0.3) is 0 Å². The van der Waals surface area contributed by atoms with E-state index in [0.717, 1.165) is 0 Å². The van der Waals surface area contributed by atoms with Crippen molar-refractivity contribution in [1.82, 2.24) is 0 Å². The van der Waals surface area contributed by atoms with E-state index in [1.807, 2.05) is 0 Å². The van der Waals surface area contributed by atoms with Crippen LogP contribution in [0.2, 0.25) is 0 Å². The zero-order chi connectivity index (χ0) is 11.5. The van der Waals surface area contributed by atoms with Gasteiger partial charge in [0.2, 0.25) is 5.91 Å². The second-order valence-corrected chi connectivity index (χ2v) is 3.92. The van der Waals surface area contributed by atoms with E-state index in [-0.39, 0.29) is 17.3 Å². The third-order valence-electron chi connectivity index (χ3n) is 1.42. The number of benzene rings is 1. The highest BCUT2D eigenvalue weighted by atomic mass is 31.2. The molecule has 0 radical (unpaired) electrons. The number of hydrogen-bond acceptors (Lipinski definition) is 3. The molecule has 1 amide bonds. The van der Waals surface area contributed by atoms with E-state index in [4.69, 9.17) is 9.79 Å². The number of para-hydroxylation sites is 2. The predicted molar refractivity (Wildman–Crippen MR) is 53.4 cm³/mol. The van der Waals surface area contributed by atoms with Crippen LogP contribution in [0.5, 0.6) is 5.75 Å². The van der Waals surface area contributed by atoms with E-state index in [1.165, 1.54) is 25.1 Å². The van der Waals surface area contributed by atoms with Crippen molar-refractivity contribution in [3.05, 3.63) is 24.3 Å².